The SMILES string of the molecule is COc1ccc(-n2nc3ccc(NC(=O)C=Cc4ccc(-c5cccc(Cl)c5Cl)o4)cc3n2)cc1Cl. The van der Waals surface area contributed by atoms with E-state index in [1.807, 2.05) is 6.07 Å². The van der Waals surface area contributed by atoms with Crippen molar-refractivity contribution >= 4 is 63.5 Å². The molecular weight excluding hydrogens is 523 g/mol. The Morgan fingerprint density at radius 1 is 0.972 bits per heavy atom. The smallest absolute Gasteiger partial charge is 0.248 e. The van der Waals surface area contributed by atoms with E-state index in [4.69, 9.17) is 44.0 Å². The monoisotopic (exact) mass is 538 g/mol. The first-order valence-electron chi connectivity index (χ1n) is 10.7. The number of nitrogens with zero attached hydrogens (tertiary/aromatic N) is 3. The van der Waals surface area contributed by atoms with E-state index in [0.717, 1.165) is 0 Å². The third-order valence-electron chi connectivity index (χ3n) is 5.26. The molecular formula is C26H17Cl3N4O3. The molecule has 10 heteroatoms. The maximum Gasteiger partial charge on any atom is 0.248 e. The second-order valence-electron chi connectivity index (χ2n) is 7.64. The molecule has 0 bridgehead atoms. The van der Waals surface area contributed by atoms with Crippen LogP contribution in [0.3, 0.4) is 0 Å². The number of hydrogen-bond donors (Lipinski definition) is 1. The summed E-state index contributed by atoms with van der Waals surface area (Å²) >= 11 is 18.5. The Balaban J connectivity index is 1.29. The van der Waals surface area contributed by atoms with E-state index in [2.05, 4.69) is 15.5 Å². The number of amides is 1. The number of carbonyl (C=O) groups excluding carboxylic acids is 1. The van der Waals surface area contributed by atoms with E-state index < -0.39 is 0 Å². The van der Waals surface area contributed by atoms with E-state index in [0.29, 0.717) is 60.3 Å². The summed E-state index contributed by atoms with van der Waals surface area (Å²) in [6.45, 7) is 0. The van der Waals surface area contributed by atoms with Crippen LogP contribution in [0.2, 0.25) is 15.1 Å². The lowest BCUT2D eigenvalue weighted by atomic mass is 10.2. The van der Waals surface area contributed by atoms with Gasteiger partial charge in [0.15, 0.2) is 0 Å². The van der Waals surface area contributed by atoms with Crippen molar-refractivity contribution in [3.63, 3.8) is 0 Å². The molecule has 1 amide bonds. The molecule has 0 aliphatic carbocycles. The van der Waals surface area contributed by atoms with Crippen molar-refractivity contribution in [3.8, 4) is 22.8 Å². The highest BCUT2D eigenvalue weighted by atomic mass is 35.5. The highest BCUT2D eigenvalue weighted by molar-refractivity contribution is 6.43. The largest absolute Gasteiger partial charge is 0.495 e. The van der Waals surface area contributed by atoms with Gasteiger partial charge in [-0.25, -0.2) is 0 Å². The van der Waals surface area contributed by atoms with Gasteiger partial charge in [0.25, 0.3) is 0 Å². The van der Waals surface area contributed by atoms with Crippen LogP contribution in [0.25, 0.3) is 34.1 Å². The predicted octanol–water partition coefficient (Wildman–Crippen LogP) is 7.30. The van der Waals surface area contributed by atoms with E-state index in [1.54, 1.807) is 73.8 Å². The minimum Gasteiger partial charge on any atom is -0.495 e. The van der Waals surface area contributed by atoms with Crippen molar-refractivity contribution in [2.75, 3.05) is 12.4 Å². The molecule has 5 aromatic rings. The zero-order valence-electron chi connectivity index (χ0n) is 18.7. The minimum atomic E-state index is -0.331. The number of furan rings is 1. The van der Waals surface area contributed by atoms with Crippen LogP contribution in [0.5, 0.6) is 5.75 Å². The first kappa shape index (κ1) is 23.9. The Kier molecular flexibility index (Phi) is 6.69. The van der Waals surface area contributed by atoms with Gasteiger partial charge in [-0.05, 0) is 66.7 Å². The summed E-state index contributed by atoms with van der Waals surface area (Å²) in [5.41, 5.74) is 3.20. The minimum absolute atomic E-state index is 0.331. The van der Waals surface area contributed by atoms with Crippen LogP contribution in [-0.2, 0) is 4.79 Å². The zero-order valence-corrected chi connectivity index (χ0v) is 21.0. The molecule has 0 atom stereocenters. The topological polar surface area (TPSA) is 82.2 Å². The van der Waals surface area contributed by atoms with Crippen molar-refractivity contribution < 1.29 is 13.9 Å². The van der Waals surface area contributed by atoms with Crippen LogP contribution < -0.4 is 10.1 Å². The first-order valence-corrected chi connectivity index (χ1v) is 11.8. The maximum atomic E-state index is 12.5. The van der Waals surface area contributed by atoms with Gasteiger partial charge in [-0.3, -0.25) is 4.79 Å². The summed E-state index contributed by atoms with van der Waals surface area (Å²) in [7, 11) is 1.55. The predicted molar refractivity (Wildman–Crippen MR) is 142 cm³/mol. The normalized spacial score (nSPS) is 11.3. The molecule has 2 heterocycles. The van der Waals surface area contributed by atoms with Gasteiger partial charge >= 0.3 is 0 Å². The van der Waals surface area contributed by atoms with E-state index in [-0.39, 0.29) is 5.91 Å². The average molecular weight is 540 g/mol. The van der Waals surface area contributed by atoms with Gasteiger partial charge in [0.05, 0.1) is 27.9 Å². The van der Waals surface area contributed by atoms with Gasteiger partial charge in [-0.2, -0.15) is 4.80 Å². The number of anilines is 1. The fraction of sp³-hybridized carbons (Fsp3) is 0.0385. The van der Waals surface area contributed by atoms with Crippen molar-refractivity contribution in [2.45, 2.75) is 0 Å². The lowest BCUT2D eigenvalue weighted by molar-refractivity contribution is -0.111. The number of nitrogens with one attached hydrogen (secondary N) is 1. The molecule has 1 N–H and O–H groups in total. The number of carbonyl (C=O) groups is 1. The molecule has 0 fully saturated rings. The van der Waals surface area contributed by atoms with Crippen LogP contribution in [0.4, 0.5) is 5.69 Å². The lowest BCUT2D eigenvalue weighted by Crippen LogP contribution is -2.07. The fourth-order valence-corrected chi connectivity index (χ4v) is 4.16. The summed E-state index contributed by atoms with van der Waals surface area (Å²) in [6, 6.07) is 19.3. The quantitative estimate of drug-likeness (QED) is 0.229. The number of hydrogen-bond acceptors (Lipinski definition) is 5. The molecule has 0 spiro atoms. The van der Waals surface area contributed by atoms with Gasteiger partial charge in [-0.1, -0.05) is 40.9 Å². The molecule has 0 aliphatic rings. The van der Waals surface area contributed by atoms with Gasteiger partial charge in [0.2, 0.25) is 5.91 Å². The number of halogens is 3. The van der Waals surface area contributed by atoms with Crippen molar-refractivity contribution in [3.05, 3.63) is 93.6 Å². The second-order valence-corrected chi connectivity index (χ2v) is 8.83. The molecule has 180 valence electrons. The summed E-state index contributed by atoms with van der Waals surface area (Å²) in [4.78, 5) is 14.0. The van der Waals surface area contributed by atoms with Crippen LogP contribution in [-0.4, -0.2) is 28.0 Å². The van der Waals surface area contributed by atoms with Gasteiger partial charge in [-0.15, -0.1) is 10.2 Å². The number of aromatic nitrogens is 3. The number of rotatable bonds is 6. The highest BCUT2D eigenvalue weighted by Gasteiger charge is 2.11. The fourth-order valence-electron chi connectivity index (χ4n) is 3.51. The zero-order chi connectivity index (χ0) is 25.2. The van der Waals surface area contributed by atoms with Gasteiger partial charge < -0.3 is 14.5 Å². The van der Waals surface area contributed by atoms with Crippen LogP contribution in [0, 0.1) is 0 Å². The first-order chi connectivity index (χ1) is 17.4. The second kappa shape index (κ2) is 10.1. The lowest BCUT2D eigenvalue weighted by Gasteiger charge is -2.04. The van der Waals surface area contributed by atoms with E-state index in [9.17, 15) is 4.79 Å². The molecule has 0 radical (unpaired) electrons. The molecule has 36 heavy (non-hydrogen) atoms. The maximum absolute atomic E-state index is 12.5. The molecule has 7 nitrogen and oxygen atoms in total. The molecule has 2 aromatic heterocycles. The van der Waals surface area contributed by atoms with Crippen molar-refractivity contribution in [1.29, 1.82) is 0 Å². The Hall–Kier alpha value is -3.78. The molecule has 0 unspecified atom stereocenters. The average Bonchev–Trinajstić information content (AvgIpc) is 3.51. The standard InChI is InChI=1S/C26H17Cl3N4O3/c1-35-24-10-6-16(14-20(24)28)33-31-21-9-5-15(13-22(21)32-33)30-25(34)12-8-17-7-11-23(36-17)18-3-2-4-19(27)26(18)29/h2-14H,1H3,(H,30,34). The Bertz CT molecular complexity index is 1620. The third-order valence-corrected chi connectivity index (χ3v) is 6.37. The molecule has 0 aliphatic heterocycles. The molecule has 0 saturated heterocycles. The summed E-state index contributed by atoms with van der Waals surface area (Å²) in [6.07, 6.45) is 2.95. The number of methoxy groups -OCH3 is 1. The molecule has 3 aromatic carbocycles. The highest BCUT2D eigenvalue weighted by Crippen LogP contribution is 2.34. The van der Waals surface area contributed by atoms with Gasteiger partial charge in [0.1, 0.15) is 28.3 Å². The summed E-state index contributed by atoms with van der Waals surface area (Å²) in [5, 5.41) is 13.1. The Labute approximate surface area is 220 Å². The van der Waals surface area contributed by atoms with Gasteiger partial charge in [0, 0.05) is 17.3 Å². The van der Waals surface area contributed by atoms with Crippen molar-refractivity contribution in [1.82, 2.24) is 15.0 Å². The molecule has 0 saturated carbocycles. The van der Waals surface area contributed by atoms with E-state index in [1.165, 1.54) is 10.9 Å². The molecule has 5 rings (SSSR count). The Morgan fingerprint density at radius 2 is 1.81 bits per heavy atom. The third kappa shape index (κ3) is 4.95. The summed E-state index contributed by atoms with van der Waals surface area (Å²) < 4.78 is 11.0. The van der Waals surface area contributed by atoms with Crippen LogP contribution in [0.15, 0.2) is 77.2 Å². The van der Waals surface area contributed by atoms with Crippen molar-refractivity contribution in [2.24, 2.45) is 0 Å². The van der Waals surface area contributed by atoms with Crippen LogP contribution in [0.1, 0.15) is 5.76 Å². The number of fused-ring (bicyclic) bond motifs is 1. The van der Waals surface area contributed by atoms with Crippen LogP contribution >= 0.6 is 34.8 Å². The Morgan fingerprint density at radius 3 is 2.61 bits per heavy atom. The summed E-state index contributed by atoms with van der Waals surface area (Å²) in [5.74, 6) is 1.28. The number of benzene rings is 3. The van der Waals surface area contributed by atoms with E-state index >= 15 is 0 Å². The number of ether oxygens (including phenoxy) is 1.